The lowest BCUT2D eigenvalue weighted by Gasteiger charge is -2.10. The van der Waals surface area contributed by atoms with E-state index in [2.05, 4.69) is 5.32 Å². The van der Waals surface area contributed by atoms with Gasteiger partial charge in [0.15, 0.2) is 0 Å². The van der Waals surface area contributed by atoms with Gasteiger partial charge < -0.3 is 5.32 Å². The topological polar surface area (TPSA) is 49.4 Å². The van der Waals surface area contributed by atoms with Crippen LogP contribution in [0.4, 0.5) is 0 Å². The van der Waals surface area contributed by atoms with E-state index in [-0.39, 0.29) is 11.8 Å². The fraction of sp³-hybridized carbons (Fsp3) is 0.556. The third-order valence-electron chi connectivity index (χ3n) is 1.35. The van der Waals surface area contributed by atoms with Crippen LogP contribution >= 0.6 is 0 Å². The number of nitrogens with zero attached hydrogens (tertiary/aromatic N) is 1. The van der Waals surface area contributed by atoms with Crippen LogP contribution in [0.5, 0.6) is 0 Å². The fourth-order valence-corrected chi connectivity index (χ4v) is 0.875. The van der Waals surface area contributed by atoms with Crippen molar-refractivity contribution in [2.24, 2.45) is 0 Å². The highest BCUT2D eigenvalue weighted by atomic mass is 16.2. The zero-order valence-electron chi connectivity index (χ0n) is 8.33. The van der Waals surface area contributed by atoms with Gasteiger partial charge in [-0.25, -0.2) is 0 Å². The lowest BCUT2D eigenvalue weighted by molar-refractivity contribution is -0.136. The number of hydrogen-bond donors (Lipinski definition) is 1. The van der Waals surface area contributed by atoms with Crippen molar-refractivity contribution in [2.75, 3.05) is 20.6 Å². The van der Waals surface area contributed by atoms with Gasteiger partial charge in [-0.15, -0.1) is 0 Å². The second-order valence-corrected chi connectivity index (χ2v) is 2.66. The summed E-state index contributed by atoms with van der Waals surface area (Å²) in [6, 6.07) is 0. The number of amides is 2. The molecular weight excluding hydrogens is 168 g/mol. The molecule has 0 saturated carbocycles. The Bertz CT molecular complexity index is 194. The Morgan fingerprint density at radius 2 is 1.62 bits per heavy atom. The maximum absolute atomic E-state index is 10.8. The van der Waals surface area contributed by atoms with Crippen LogP contribution in [0.2, 0.25) is 0 Å². The lowest BCUT2D eigenvalue weighted by Crippen LogP contribution is -2.30. The van der Waals surface area contributed by atoms with Gasteiger partial charge in [-0.05, 0) is 20.5 Å². The van der Waals surface area contributed by atoms with Gasteiger partial charge in [0.1, 0.15) is 0 Å². The van der Waals surface area contributed by atoms with E-state index in [9.17, 15) is 9.59 Å². The van der Waals surface area contributed by atoms with Gasteiger partial charge in [0, 0.05) is 18.7 Å². The molecule has 1 aliphatic heterocycles. The van der Waals surface area contributed by atoms with Crippen LogP contribution in [0.25, 0.3) is 0 Å². The maximum Gasteiger partial charge on any atom is 0.253 e. The quantitative estimate of drug-likeness (QED) is 0.622. The fourth-order valence-electron chi connectivity index (χ4n) is 0.875. The summed E-state index contributed by atoms with van der Waals surface area (Å²) in [4.78, 5) is 22.8. The minimum Gasteiger partial charge on any atom is -0.323 e. The highest BCUT2D eigenvalue weighted by Gasteiger charge is 2.21. The molecule has 0 atom stereocenters. The molecule has 1 rings (SSSR count). The number of carbonyl (C=O) groups excluding carboxylic acids is 2. The molecule has 0 unspecified atom stereocenters. The zero-order valence-corrected chi connectivity index (χ0v) is 8.33. The molecule has 0 spiro atoms. The van der Waals surface area contributed by atoms with Crippen molar-refractivity contribution >= 4 is 11.8 Å². The third kappa shape index (κ3) is 3.85. The lowest BCUT2D eigenvalue weighted by atomic mass is 10.4. The van der Waals surface area contributed by atoms with Gasteiger partial charge in [0.05, 0.1) is 0 Å². The Balaban J connectivity index is 0.000000424. The average Bonchev–Trinajstić information content (AvgIpc) is 2.38. The number of carbonyl (C=O) groups is 2. The van der Waals surface area contributed by atoms with Crippen LogP contribution in [0, 0.1) is 0 Å². The minimum atomic E-state index is -0.188. The summed E-state index contributed by atoms with van der Waals surface area (Å²) in [6.45, 7) is 2.46. The summed E-state index contributed by atoms with van der Waals surface area (Å²) in [5, 5.41) is 2.75. The SMILES string of the molecule is CCCN1C(=O)C=CC1=O.CNC. The summed E-state index contributed by atoms with van der Waals surface area (Å²) in [5.74, 6) is -0.376. The second kappa shape index (κ2) is 6.37. The van der Waals surface area contributed by atoms with Crippen molar-refractivity contribution in [1.82, 2.24) is 10.2 Å². The average molecular weight is 184 g/mol. The summed E-state index contributed by atoms with van der Waals surface area (Å²) in [7, 11) is 3.75. The maximum atomic E-state index is 10.8. The van der Waals surface area contributed by atoms with Gasteiger partial charge >= 0.3 is 0 Å². The predicted molar refractivity (Wildman–Crippen MR) is 51.1 cm³/mol. The van der Waals surface area contributed by atoms with Crippen LogP contribution in [-0.2, 0) is 9.59 Å². The van der Waals surface area contributed by atoms with E-state index in [4.69, 9.17) is 0 Å². The van der Waals surface area contributed by atoms with E-state index in [0.717, 1.165) is 6.42 Å². The molecule has 0 aromatic heterocycles. The largest absolute Gasteiger partial charge is 0.323 e. The normalized spacial score (nSPS) is 14.5. The zero-order chi connectivity index (χ0) is 10.3. The smallest absolute Gasteiger partial charge is 0.253 e. The molecule has 1 heterocycles. The van der Waals surface area contributed by atoms with Crippen LogP contribution in [0.3, 0.4) is 0 Å². The number of hydrogen-bond acceptors (Lipinski definition) is 3. The van der Waals surface area contributed by atoms with Crippen LogP contribution < -0.4 is 5.32 Å². The van der Waals surface area contributed by atoms with Crippen molar-refractivity contribution in [2.45, 2.75) is 13.3 Å². The van der Waals surface area contributed by atoms with Crippen LogP contribution in [0.1, 0.15) is 13.3 Å². The molecule has 0 fully saturated rings. The number of imide groups is 1. The van der Waals surface area contributed by atoms with Crippen molar-refractivity contribution in [3.05, 3.63) is 12.2 Å². The van der Waals surface area contributed by atoms with E-state index in [1.165, 1.54) is 17.1 Å². The number of rotatable bonds is 2. The highest BCUT2D eigenvalue weighted by Crippen LogP contribution is 2.02. The molecular formula is C9H16N2O2. The molecule has 1 aliphatic rings. The summed E-state index contributed by atoms with van der Waals surface area (Å²) in [6.07, 6.45) is 3.43. The molecule has 1 N–H and O–H groups in total. The first kappa shape index (κ1) is 11.8. The third-order valence-corrected chi connectivity index (χ3v) is 1.35. The van der Waals surface area contributed by atoms with Gasteiger partial charge in [-0.2, -0.15) is 0 Å². The van der Waals surface area contributed by atoms with E-state index in [1.807, 2.05) is 21.0 Å². The van der Waals surface area contributed by atoms with E-state index in [1.54, 1.807) is 0 Å². The first-order valence-electron chi connectivity index (χ1n) is 4.29. The first-order valence-corrected chi connectivity index (χ1v) is 4.29. The molecule has 0 radical (unpaired) electrons. The summed E-state index contributed by atoms with van der Waals surface area (Å²) in [5.41, 5.74) is 0. The van der Waals surface area contributed by atoms with Gasteiger partial charge in [0.2, 0.25) is 0 Å². The molecule has 0 aromatic rings. The Hall–Kier alpha value is -1.16. The van der Waals surface area contributed by atoms with E-state index >= 15 is 0 Å². The molecule has 4 heteroatoms. The van der Waals surface area contributed by atoms with Crippen molar-refractivity contribution in [3.8, 4) is 0 Å². The van der Waals surface area contributed by atoms with E-state index in [0.29, 0.717) is 6.54 Å². The molecule has 0 bridgehead atoms. The van der Waals surface area contributed by atoms with Crippen LogP contribution in [0.15, 0.2) is 12.2 Å². The van der Waals surface area contributed by atoms with Gasteiger partial charge in [0.25, 0.3) is 11.8 Å². The molecule has 2 amide bonds. The Kier molecular flexibility index (Phi) is 5.80. The van der Waals surface area contributed by atoms with Crippen molar-refractivity contribution in [1.29, 1.82) is 0 Å². The molecule has 13 heavy (non-hydrogen) atoms. The number of nitrogens with one attached hydrogen (secondary N) is 1. The first-order chi connectivity index (χ1) is 6.17. The Labute approximate surface area is 78.6 Å². The molecule has 4 nitrogen and oxygen atoms in total. The molecule has 0 aliphatic carbocycles. The summed E-state index contributed by atoms with van der Waals surface area (Å²) < 4.78 is 0. The van der Waals surface area contributed by atoms with Gasteiger partial charge in [-0.3, -0.25) is 14.5 Å². The molecule has 74 valence electrons. The monoisotopic (exact) mass is 184 g/mol. The summed E-state index contributed by atoms with van der Waals surface area (Å²) >= 11 is 0. The Morgan fingerprint density at radius 3 is 1.92 bits per heavy atom. The Morgan fingerprint density at radius 1 is 1.23 bits per heavy atom. The predicted octanol–water partition coefficient (Wildman–Crippen LogP) is 0.157. The van der Waals surface area contributed by atoms with Crippen molar-refractivity contribution < 1.29 is 9.59 Å². The molecule has 0 aromatic carbocycles. The second-order valence-electron chi connectivity index (χ2n) is 2.66. The van der Waals surface area contributed by atoms with E-state index < -0.39 is 0 Å². The van der Waals surface area contributed by atoms with Crippen LogP contribution in [-0.4, -0.2) is 37.4 Å². The minimum absolute atomic E-state index is 0.188. The van der Waals surface area contributed by atoms with Gasteiger partial charge in [-0.1, -0.05) is 6.92 Å². The molecule has 0 saturated heterocycles. The van der Waals surface area contributed by atoms with Crippen molar-refractivity contribution in [3.63, 3.8) is 0 Å². The standard InChI is InChI=1S/C7H9NO2.C2H7N/c1-2-5-8-6(9)3-4-7(8)10;1-3-2/h3-4H,2,5H2,1H3;3H,1-2H3. The highest BCUT2D eigenvalue weighted by molar-refractivity contribution is 6.12.